The summed E-state index contributed by atoms with van der Waals surface area (Å²) < 4.78 is 44.9. The molecule has 0 radical (unpaired) electrons. The number of rotatable bonds is 10. The lowest BCUT2D eigenvalue weighted by molar-refractivity contribution is -0.173. The number of halogens is 3. The van der Waals surface area contributed by atoms with E-state index >= 15 is 0 Å². The first-order chi connectivity index (χ1) is 8.47. The first-order valence-corrected chi connectivity index (χ1v) is 6.32. The molecule has 0 aromatic heterocycles. The molecule has 1 aliphatic carbocycles. The first kappa shape index (κ1) is 15.7. The van der Waals surface area contributed by atoms with Crippen LogP contribution in [0.2, 0.25) is 0 Å². The molecule has 18 heavy (non-hydrogen) atoms. The fourth-order valence-electron chi connectivity index (χ4n) is 1.85. The van der Waals surface area contributed by atoms with Crippen molar-refractivity contribution in [3.63, 3.8) is 0 Å². The average molecular weight is 269 g/mol. The summed E-state index contributed by atoms with van der Waals surface area (Å²) in [5.41, 5.74) is 0.378. The van der Waals surface area contributed by atoms with Gasteiger partial charge in [0.05, 0.1) is 0 Å². The van der Waals surface area contributed by atoms with Gasteiger partial charge in [-0.1, -0.05) is 0 Å². The molecule has 0 unspecified atom stereocenters. The second-order valence-electron chi connectivity index (χ2n) is 4.94. The zero-order valence-electron chi connectivity index (χ0n) is 10.8. The smallest absolute Gasteiger partial charge is 0.385 e. The number of ether oxygens (including phenoxy) is 2. The van der Waals surface area contributed by atoms with E-state index in [0.717, 1.165) is 19.6 Å². The minimum atomic E-state index is -4.22. The summed E-state index contributed by atoms with van der Waals surface area (Å²) in [7, 11) is 1.70. The van der Waals surface area contributed by atoms with Crippen LogP contribution in [-0.4, -0.2) is 46.2 Å². The van der Waals surface area contributed by atoms with Crippen molar-refractivity contribution in [3.05, 3.63) is 0 Å². The van der Waals surface area contributed by atoms with Gasteiger partial charge in [0.25, 0.3) is 0 Å². The van der Waals surface area contributed by atoms with E-state index in [-0.39, 0.29) is 6.61 Å². The molecule has 0 aliphatic heterocycles. The van der Waals surface area contributed by atoms with Gasteiger partial charge in [0.2, 0.25) is 0 Å². The lowest BCUT2D eigenvalue weighted by Gasteiger charge is -2.15. The standard InChI is InChI=1S/C12H22F3NO2/c1-17-8-5-11(3-4-11)9-16-6-2-7-18-10-12(13,14)15/h16H,2-10H2,1H3. The minimum absolute atomic E-state index is 0.150. The molecule has 0 saturated heterocycles. The molecule has 0 aromatic rings. The SMILES string of the molecule is COCCC1(CNCCCOCC(F)(F)F)CC1. The normalized spacial score (nSPS) is 18.0. The number of nitrogens with one attached hydrogen (secondary N) is 1. The van der Waals surface area contributed by atoms with Gasteiger partial charge in [-0.3, -0.25) is 0 Å². The van der Waals surface area contributed by atoms with Gasteiger partial charge >= 0.3 is 6.18 Å². The van der Waals surface area contributed by atoms with Gasteiger partial charge in [0.1, 0.15) is 6.61 Å². The number of alkyl halides is 3. The summed E-state index contributed by atoms with van der Waals surface area (Å²) in [5.74, 6) is 0. The van der Waals surface area contributed by atoms with Crippen LogP contribution >= 0.6 is 0 Å². The Bertz CT molecular complexity index is 230. The molecule has 0 aromatic carbocycles. The van der Waals surface area contributed by atoms with Gasteiger partial charge < -0.3 is 14.8 Å². The van der Waals surface area contributed by atoms with Crippen molar-refractivity contribution >= 4 is 0 Å². The summed E-state index contributed by atoms with van der Waals surface area (Å²) in [6.45, 7) is 1.40. The number of methoxy groups -OCH3 is 1. The maximum Gasteiger partial charge on any atom is 0.411 e. The second-order valence-corrected chi connectivity index (χ2v) is 4.94. The van der Waals surface area contributed by atoms with Gasteiger partial charge in [-0.25, -0.2) is 0 Å². The van der Waals surface area contributed by atoms with Crippen molar-refractivity contribution in [2.24, 2.45) is 5.41 Å². The zero-order valence-corrected chi connectivity index (χ0v) is 10.8. The molecule has 1 fully saturated rings. The maximum absolute atomic E-state index is 11.8. The molecule has 6 heteroatoms. The van der Waals surface area contributed by atoms with Gasteiger partial charge in [-0.2, -0.15) is 13.2 Å². The van der Waals surface area contributed by atoms with Gasteiger partial charge in [-0.15, -0.1) is 0 Å². The van der Waals surface area contributed by atoms with Crippen molar-refractivity contribution < 1.29 is 22.6 Å². The zero-order chi connectivity index (χ0) is 13.5. The van der Waals surface area contributed by atoms with Crippen LogP contribution in [0.25, 0.3) is 0 Å². The quantitative estimate of drug-likeness (QED) is 0.618. The molecule has 0 atom stereocenters. The molecule has 1 N–H and O–H groups in total. The Balaban J connectivity index is 1.90. The molecule has 108 valence electrons. The summed E-state index contributed by atoms with van der Waals surface area (Å²) >= 11 is 0. The topological polar surface area (TPSA) is 30.5 Å². The van der Waals surface area contributed by atoms with E-state index in [4.69, 9.17) is 4.74 Å². The Kier molecular flexibility index (Phi) is 6.38. The van der Waals surface area contributed by atoms with E-state index in [1.165, 1.54) is 12.8 Å². The third-order valence-electron chi connectivity index (χ3n) is 3.20. The average Bonchev–Trinajstić information content (AvgIpc) is 3.04. The van der Waals surface area contributed by atoms with Crippen LogP contribution in [0.15, 0.2) is 0 Å². The summed E-state index contributed by atoms with van der Waals surface area (Å²) in [6.07, 6.45) is -0.120. The van der Waals surface area contributed by atoms with Crippen LogP contribution in [-0.2, 0) is 9.47 Å². The van der Waals surface area contributed by atoms with Crippen molar-refractivity contribution in [1.29, 1.82) is 0 Å². The van der Waals surface area contributed by atoms with Crippen LogP contribution in [0, 0.1) is 5.41 Å². The minimum Gasteiger partial charge on any atom is -0.385 e. The van der Waals surface area contributed by atoms with Gasteiger partial charge in [0, 0.05) is 26.9 Å². The highest BCUT2D eigenvalue weighted by Gasteiger charge is 2.41. The monoisotopic (exact) mass is 269 g/mol. The Hall–Kier alpha value is -0.330. The van der Waals surface area contributed by atoms with Crippen LogP contribution in [0.5, 0.6) is 0 Å². The summed E-state index contributed by atoms with van der Waals surface area (Å²) in [5, 5.41) is 3.28. The molecule has 0 bridgehead atoms. The predicted molar refractivity (Wildman–Crippen MR) is 62.5 cm³/mol. The van der Waals surface area contributed by atoms with Gasteiger partial charge in [0.15, 0.2) is 0 Å². The Morgan fingerprint density at radius 1 is 1.22 bits per heavy atom. The molecule has 0 spiro atoms. The van der Waals surface area contributed by atoms with E-state index in [2.05, 4.69) is 10.1 Å². The van der Waals surface area contributed by atoms with E-state index in [9.17, 15) is 13.2 Å². The summed E-state index contributed by atoms with van der Waals surface area (Å²) in [6, 6.07) is 0. The van der Waals surface area contributed by atoms with Crippen LogP contribution < -0.4 is 5.32 Å². The van der Waals surface area contributed by atoms with E-state index < -0.39 is 12.8 Å². The highest BCUT2D eigenvalue weighted by Crippen LogP contribution is 2.48. The Morgan fingerprint density at radius 2 is 1.94 bits per heavy atom. The highest BCUT2D eigenvalue weighted by molar-refractivity contribution is 4.94. The van der Waals surface area contributed by atoms with E-state index in [1.54, 1.807) is 7.11 Å². The van der Waals surface area contributed by atoms with Crippen molar-refractivity contribution in [1.82, 2.24) is 5.32 Å². The van der Waals surface area contributed by atoms with Gasteiger partial charge in [-0.05, 0) is 37.6 Å². The molecule has 1 aliphatic rings. The van der Waals surface area contributed by atoms with E-state index in [0.29, 0.717) is 18.4 Å². The number of hydrogen-bond donors (Lipinski definition) is 1. The Labute approximate surface area is 106 Å². The Morgan fingerprint density at radius 3 is 2.50 bits per heavy atom. The molecule has 1 rings (SSSR count). The van der Waals surface area contributed by atoms with Crippen molar-refractivity contribution in [2.75, 3.05) is 40.0 Å². The molecule has 1 saturated carbocycles. The molecule has 3 nitrogen and oxygen atoms in total. The molecular weight excluding hydrogens is 247 g/mol. The largest absolute Gasteiger partial charge is 0.411 e. The van der Waals surface area contributed by atoms with Crippen LogP contribution in [0.4, 0.5) is 13.2 Å². The van der Waals surface area contributed by atoms with E-state index in [1.807, 2.05) is 0 Å². The lowest BCUT2D eigenvalue weighted by atomic mass is 10.0. The first-order valence-electron chi connectivity index (χ1n) is 6.32. The fraction of sp³-hybridized carbons (Fsp3) is 1.00. The number of hydrogen-bond acceptors (Lipinski definition) is 3. The van der Waals surface area contributed by atoms with Crippen LogP contribution in [0.3, 0.4) is 0 Å². The maximum atomic E-state index is 11.8. The lowest BCUT2D eigenvalue weighted by Crippen LogP contribution is -2.27. The third kappa shape index (κ3) is 7.18. The fourth-order valence-corrected chi connectivity index (χ4v) is 1.85. The van der Waals surface area contributed by atoms with Crippen molar-refractivity contribution in [2.45, 2.75) is 31.9 Å². The van der Waals surface area contributed by atoms with Crippen molar-refractivity contribution in [3.8, 4) is 0 Å². The molecule has 0 heterocycles. The highest BCUT2D eigenvalue weighted by atomic mass is 19.4. The third-order valence-corrected chi connectivity index (χ3v) is 3.20. The summed E-state index contributed by atoms with van der Waals surface area (Å²) in [4.78, 5) is 0. The molecular formula is C12H22F3NO2. The predicted octanol–water partition coefficient (Wildman–Crippen LogP) is 2.36. The van der Waals surface area contributed by atoms with Crippen LogP contribution in [0.1, 0.15) is 25.7 Å². The second kappa shape index (κ2) is 7.31. The molecule has 0 amide bonds.